The Morgan fingerprint density at radius 1 is 0.873 bits per heavy atom. The Kier molecular flexibility index (Phi) is 23.5. The van der Waals surface area contributed by atoms with Gasteiger partial charge in [-0.3, -0.25) is 19.2 Å². The topological polar surface area (TPSA) is 242 Å². The summed E-state index contributed by atoms with van der Waals surface area (Å²) in [4.78, 5) is 70.8. The van der Waals surface area contributed by atoms with Gasteiger partial charge in [0.25, 0.3) is 11.7 Å². The first-order chi connectivity index (χ1) is 33.4. The van der Waals surface area contributed by atoms with Gasteiger partial charge in [0.1, 0.15) is 30.1 Å². The van der Waals surface area contributed by atoms with Crippen LogP contribution in [0.15, 0.2) is 47.6 Å². The third-order valence-corrected chi connectivity index (χ3v) is 16.9. The fraction of sp³-hybridized carbons (Fsp3) is 0.755. The number of sulfonamides is 1. The normalized spacial score (nSPS) is 37.8. The fourth-order valence-electron chi connectivity index (χ4n) is 10.1. The lowest BCUT2D eigenvalue weighted by molar-refractivity contribution is -0.263. The highest BCUT2D eigenvalue weighted by atomic mass is 32.2. The molecule has 2 saturated heterocycles. The summed E-state index contributed by atoms with van der Waals surface area (Å²) in [6.07, 6.45) is 10.0. The second-order valence-electron chi connectivity index (χ2n) is 20.9. The van der Waals surface area contributed by atoms with Crippen LogP contribution in [0.1, 0.15) is 126 Å². The fourth-order valence-corrected chi connectivity index (χ4v) is 11.9. The zero-order valence-corrected chi connectivity index (χ0v) is 44.6. The minimum atomic E-state index is -3.85. The SMILES string of the molecule is COC1C(=O)C(C)CC/C=C/C=C/C=C(\C)[C@H](NS(=O)(=O)CC2CCOCC2)C[C@H]2CC[C@H](C)[C@](O)(O2)C(=O)C(=O)N(C)C(C)C(=O)OC([C@H](C)C[C@@H]2CC[C@@H](O)[C@H](OC)C2)CC(=O)C(C)/C=C(\C)C1O. The van der Waals surface area contributed by atoms with Crippen LogP contribution in [-0.4, -0.2) is 153 Å². The number of ketones is 3. The van der Waals surface area contributed by atoms with Gasteiger partial charge in [-0.1, -0.05) is 69.7 Å². The van der Waals surface area contributed by atoms with Crippen LogP contribution in [0.3, 0.4) is 0 Å². The lowest BCUT2D eigenvalue weighted by Gasteiger charge is -2.42. The van der Waals surface area contributed by atoms with E-state index in [9.17, 15) is 47.7 Å². The molecular weight excluding hydrogens is 937 g/mol. The number of likely N-dealkylation sites (N-methyl/N-ethyl adjacent to an activating group) is 1. The lowest BCUT2D eigenvalue weighted by Crippen LogP contribution is -2.59. The van der Waals surface area contributed by atoms with Crippen molar-refractivity contribution in [2.24, 2.45) is 35.5 Å². The molecule has 1 aliphatic carbocycles. The van der Waals surface area contributed by atoms with Gasteiger partial charge in [-0.25, -0.2) is 17.9 Å². The van der Waals surface area contributed by atoms with E-state index in [0.717, 1.165) is 4.90 Å². The summed E-state index contributed by atoms with van der Waals surface area (Å²) in [5, 5.41) is 33.8. The standard InChI is InChI=1S/C53H84N2O15S/c1-32-16-14-12-11-13-15-17-33(2)47(58)49(67-10)48(59)36(5)26-34(3)44(57)30-45(35(4)27-40-19-21-43(56)46(28-40)66-9)69-52(62)38(7)55(8)51(61)50(60)53(63)37(6)18-20-41(70-53)29-42(32)54-71(64,65)31-39-22-24-68-25-23-39/h11-14,16,26,33-35,37-43,45-46,48-49,54,56,59,63H,15,17-25,27-31H2,1-10H3/b13-11+,14-12+,32-16+,36-26+/t33?,34?,35-,37+,38?,40+,41-,42-,43-,45?,46-,48?,49?,53+/m1/s1. The maximum atomic E-state index is 14.2. The Bertz CT molecular complexity index is 2050. The quantitative estimate of drug-likeness (QED) is 0.133. The number of carbonyl (C=O) groups is 5. The molecule has 3 heterocycles. The van der Waals surface area contributed by atoms with Crippen molar-refractivity contribution >= 4 is 39.2 Å². The van der Waals surface area contributed by atoms with Crippen molar-refractivity contribution in [1.82, 2.24) is 9.62 Å². The van der Waals surface area contributed by atoms with Crippen LogP contribution in [-0.2, 0) is 57.7 Å². The first kappa shape index (κ1) is 60.1. The van der Waals surface area contributed by atoms with Crippen molar-refractivity contribution in [3.05, 3.63) is 47.6 Å². The number of carbonyl (C=O) groups excluding carboxylic acids is 5. The number of methoxy groups -OCH3 is 2. The molecule has 4 aliphatic rings. The number of hydrogen-bond acceptors (Lipinski definition) is 15. The summed E-state index contributed by atoms with van der Waals surface area (Å²) in [5.74, 6) is -9.27. The molecule has 17 nitrogen and oxygen atoms in total. The highest BCUT2D eigenvalue weighted by molar-refractivity contribution is 7.89. The molecule has 6 unspecified atom stereocenters. The monoisotopic (exact) mass is 1020 g/mol. The van der Waals surface area contributed by atoms with Crippen LogP contribution >= 0.6 is 0 Å². The maximum absolute atomic E-state index is 14.2. The Hall–Kier alpha value is -3.46. The molecule has 0 aromatic carbocycles. The molecule has 0 aromatic heterocycles. The zero-order chi connectivity index (χ0) is 52.8. The third kappa shape index (κ3) is 17.0. The zero-order valence-electron chi connectivity index (χ0n) is 43.7. The van der Waals surface area contributed by atoms with Gasteiger partial charge in [-0.05, 0) is 115 Å². The number of aliphatic hydroxyl groups excluding tert-OH is 2. The molecule has 0 aromatic rings. The van der Waals surface area contributed by atoms with Gasteiger partial charge in [0.05, 0.1) is 24.1 Å². The summed E-state index contributed by atoms with van der Waals surface area (Å²) < 4.78 is 59.0. The Labute approximate surface area is 422 Å². The molecular formula is C53H84N2O15S. The highest BCUT2D eigenvalue weighted by Gasteiger charge is 2.52. The lowest BCUT2D eigenvalue weighted by atomic mass is 9.78. The van der Waals surface area contributed by atoms with E-state index in [0.29, 0.717) is 82.1 Å². The van der Waals surface area contributed by atoms with E-state index in [2.05, 4.69) is 4.72 Å². The van der Waals surface area contributed by atoms with Gasteiger partial charge < -0.3 is 43.9 Å². The van der Waals surface area contributed by atoms with Crippen molar-refractivity contribution < 1.29 is 71.4 Å². The van der Waals surface area contributed by atoms with E-state index >= 15 is 0 Å². The van der Waals surface area contributed by atoms with Crippen molar-refractivity contribution in [3.63, 3.8) is 0 Å². The molecule has 1 amide bonds. The number of amides is 1. The molecule has 3 fully saturated rings. The van der Waals surface area contributed by atoms with E-state index in [1.165, 1.54) is 21.1 Å². The van der Waals surface area contributed by atoms with E-state index in [1.54, 1.807) is 66.0 Å². The first-order valence-corrected chi connectivity index (χ1v) is 27.2. The predicted octanol–water partition coefficient (Wildman–Crippen LogP) is 5.10. The number of nitrogens with zero attached hydrogens (tertiary/aromatic N) is 1. The number of aliphatic hydroxyl groups is 3. The van der Waals surface area contributed by atoms with Gasteiger partial charge in [0, 0.05) is 64.7 Å². The highest BCUT2D eigenvalue weighted by Crippen LogP contribution is 2.37. The predicted molar refractivity (Wildman–Crippen MR) is 267 cm³/mol. The largest absolute Gasteiger partial charge is 0.460 e. The van der Waals surface area contributed by atoms with E-state index in [-0.39, 0.29) is 54.5 Å². The molecule has 14 atom stereocenters. The molecule has 18 heteroatoms. The van der Waals surface area contributed by atoms with Crippen molar-refractivity contribution in [1.29, 1.82) is 0 Å². The van der Waals surface area contributed by atoms with E-state index in [1.807, 2.05) is 19.1 Å². The van der Waals surface area contributed by atoms with Crippen molar-refractivity contribution in [2.45, 2.75) is 180 Å². The molecule has 0 radical (unpaired) electrons. The van der Waals surface area contributed by atoms with Gasteiger partial charge in [-0.2, -0.15) is 0 Å². The third-order valence-electron chi connectivity index (χ3n) is 15.3. The number of nitrogens with one attached hydrogen (secondary N) is 1. The molecule has 2 bridgehead atoms. The summed E-state index contributed by atoms with van der Waals surface area (Å²) in [7, 11) is 0.280. The van der Waals surface area contributed by atoms with Crippen molar-refractivity contribution in [2.75, 3.05) is 40.2 Å². The Morgan fingerprint density at radius 3 is 2.23 bits per heavy atom. The number of allylic oxidation sites excluding steroid dienone is 6. The average Bonchev–Trinajstić information content (AvgIpc) is 3.33. The van der Waals surface area contributed by atoms with Crippen LogP contribution in [0.2, 0.25) is 0 Å². The molecule has 1 saturated carbocycles. The summed E-state index contributed by atoms with van der Waals surface area (Å²) in [6.45, 7) is 12.6. The Morgan fingerprint density at radius 2 is 1.56 bits per heavy atom. The van der Waals surface area contributed by atoms with Crippen molar-refractivity contribution in [3.8, 4) is 0 Å². The Balaban J connectivity index is 1.69. The number of cyclic esters (lactones) is 1. The van der Waals surface area contributed by atoms with Crippen LogP contribution in [0.25, 0.3) is 0 Å². The second kappa shape index (κ2) is 27.7. The molecule has 71 heavy (non-hydrogen) atoms. The van der Waals surface area contributed by atoms with Gasteiger partial charge in [0.2, 0.25) is 15.8 Å². The molecule has 3 aliphatic heterocycles. The number of rotatable bonds is 9. The summed E-state index contributed by atoms with van der Waals surface area (Å²) >= 11 is 0. The average molecular weight is 1020 g/mol. The van der Waals surface area contributed by atoms with Gasteiger partial charge in [0.15, 0.2) is 5.78 Å². The van der Waals surface area contributed by atoms with Crippen LogP contribution in [0.5, 0.6) is 0 Å². The number of Topliss-reactive ketones (excluding diaryl/α,β-unsaturated/α-hetero) is 3. The molecule has 402 valence electrons. The smallest absolute Gasteiger partial charge is 0.328 e. The van der Waals surface area contributed by atoms with Crippen LogP contribution < -0.4 is 4.72 Å². The maximum Gasteiger partial charge on any atom is 0.328 e. The number of hydrogen-bond donors (Lipinski definition) is 4. The van der Waals surface area contributed by atoms with Crippen LogP contribution in [0.4, 0.5) is 0 Å². The minimum absolute atomic E-state index is 0.0245. The van der Waals surface area contributed by atoms with Gasteiger partial charge >= 0.3 is 5.97 Å². The minimum Gasteiger partial charge on any atom is -0.460 e. The molecule has 0 spiro atoms. The van der Waals surface area contributed by atoms with Crippen LogP contribution in [0, 0.1) is 35.5 Å². The number of esters is 1. The number of fused-ring (bicyclic) bond motifs is 2. The first-order valence-electron chi connectivity index (χ1n) is 25.6. The summed E-state index contributed by atoms with van der Waals surface area (Å²) in [6, 6.07) is -2.18. The van der Waals surface area contributed by atoms with E-state index < -0.39 is 99.7 Å². The number of ether oxygens (including phenoxy) is 5. The van der Waals surface area contributed by atoms with E-state index in [4.69, 9.17) is 23.7 Å². The second-order valence-corrected chi connectivity index (χ2v) is 22.7. The molecule has 4 rings (SSSR count). The molecule has 4 N–H and O–H groups in total. The van der Waals surface area contributed by atoms with Gasteiger partial charge in [-0.15, -0.1) is 0 Å². The summed E-state index contributed by atoms with van der Waals surface area (Å²) in [5.41, 5.74) is 0.975.